The maximum atomic E-state index is 12.3. The molecule has 0 atom stereocenters. The van der Waals surface area contributed by atoms with Crippen LogP contribution in [0, 0.1) is 0 Å². The molecular weight excluding hydrogens is 364 g/mol. The van der Waals surface area contributed by atoms with Crippen molar-refractivity contribution in [3.63, 3.8) is 0 Å². The van der Waals surface area contributed by atoms with Crippen molar-refractivity contribution in [2.75, 3.05) is 7.11 Å². The van der Waals surface area contributed by atoms with Crippen LogP contribution in [-0.4, -0.2) is 23.0 Å². The first-order valence-electron chi connectivity index (χ1n) is 8.09. The van der Waals surface area contributed by atoms with Gasteiger partial charge in [-0.15, -0.1) is 11.3 Å². The van der Waals surface area contributed by atoms with Crippen LogP contribution in [-0.2, 0) is 0 Å². The Kier molecular flexibility index (Phi) is 4.43. The first-order chi connectivity index (χ1) is 13.2. The number of aromatic nitrogens is 2. The van der Waals surface area contributed by atoms with Crippen LogP contribution in [0.15, 0.2) is 64.8 Å². The number of carbonyl (C=O) groups excluding carboxylic acids is 1. The summed E-state index contributed by atoms with van der Waals surface area (Å²) in [6, 6.07) is 15.6. The SMILES string of the molecule is COc1cc(-c2nc3ccccc3c(=O)[nH]2)ccc1OC(=O)c1cccs1. The van der Waals surface area contributed by atoms with Crippen LogP contribution in [0.5, 0.6) is 11.5 Å². The molecule has 4 aromatic rings. The molecule has 0 amide bonds. The highest BCUT2D eigenvalue weighted by atomic mass is 32.1. The molecule has 27 heavy (non-hydrogen) atoms. The Morgan fingerprint density at radius 2 is 1.93 bits per heavy atom. The lowest BCUT2D eigenvalue weighted by molar-refractivity contribution is 0.0735. The van der Waals surface area contributed by atoms with Gasteiger partial charge in [-0.25, -0.2) is 9.78 Å². The Morgan fingerprint density at radius 3 is 2.70 bits per heavy atom. The molecule has 0 radical (unpaired) electrons. The fourth-order valence-corrected chi connectivity index (χ4v) is 3.27. The van der Waals surface area contributed by atoms with E-state index < -0.39 is 5.97 Å². The van der Waals surface area contributed by atoms with Crippen LogP contribution in [0.4, 0.5) is 0 Å². The highest BCUT2D eigenvalue weighted by Crippen LogP contribution is 2.32. The first kappa shape index (κ1) is 17.0. The molecule has 2 aromatic carbocycles. The van der Waals surface area contributed by atoms with E-state index >= 15 is 0 Å². The molecule has 7 heteroatoms. The number of aromatic amines is 1. The minimum Gasteiger partial charge on any atom is -0.493 e. The third-order valence-corrected chi connectivity index (χ3v) is 4.82. The fourth-order valence-electron chi connectivity index (χ4n) is 2.67. The zero-order valence-corrected chi connectivity index (χ0v) is 15.1. The number of H-pyrrole nitrogens is 1. The quantitative estimate of drug-likeness (QED) is 0.430. The molecule has 6 nitrogen and oxygen atoms in total. The molecule has 0 aliphatic carbocycles. The van der Waals surface area contributed by atoms with E-state index in [1.807, 2.05) is 6.07 Å². The van der Waals surface area contributed by atoms with E-state index in [-0.39, 0.29) is 5.56 Å². The molecule has 2 heterocycles. The van der Waals surface area contributed by atoms with Crippen LogP contribution in [0.1, 0.15) is 9.67 Å². The number of rotatable bonds is 4. The second-order valence-electron chi connectivity index (χ2n) is 5.66. The molecule has 0 spiro atoms. The topological polar surface area (TPSA) is 81.3 Å². The van der Waals surface area contributed by atoms with E-state index in [1.165, 1.54) is 18.4 Å². The summed E-state index contributed by atoms with van der Waals surface area (Å²) in [7, 11) is 1.48. The Hall–Kier alpha value is -3.45. The molecule has 134 valence electrons. The highest BCUT2D eigenvalue weighted by molar-refractivity contribution is 7.12. The van der Waals surface area contributed by atoms with Crippen LogP contribution >= 0.6 is 11.3 Å². The standard InChI is InChI=1S/C20H14N2O4S/c1-25-16-11-12(8-9-15(16)26-20(24)17-7-4-10-27-17)18-21-14-6-3-2-5-13(14)19(23)22-18/h2-11H,1H3,(H,21,22,23). The lowest BCUT2D eigenvalue weighted by Crippen LogP contribution is -2.10. The van der Waals surface area contributed by atoms with Crippen molar-refractivity contribution in [3.05, 3.63) is 75.2 Å². The van der Waals surface area contributed by atoms with Crippen molar-refractivity contribution in [3.8, 4) is 22.9 Å². The smallest absolute Gasteiger partial charge is 0.353 e. The number of hydrogen-bond donors (Lipinski definition) is 1. The predicted molar refractivity (Wildman–Crippen MR) is 104 cm³/mol. The van der Waals surface area contributed by atoms with Gasteiger partial charge in [0.25, 0.3) is 5.56 Å². The molecule has 0 unspecified atom stereocenters. The molecule has 0 aliphatic heterocycles. The van der Waals surface area contributed by atoms with Crippen molar-refractivity contribution >= 4 is 28.2 Å². The number of fused-ring (bicyclic) bond motifs is 1. The number of carbonyl (C=O) groups is 1. The summed E-state index contributed by atoms with van der Waals surface area (Å²) in [5.41, 5.74) is 1.02. The average molecular weight is 378 g/mol. The van der Waals surface area contributed by atoms with Gasteiger partial charge in [-0.3, -0.25) is 4.79 Å². The number of esters is 1. The average Bonchev–Trinajstić information content (AvgIpc) is 3.23. The zero-order valence-electron chi connectivity index (χ0n) is 14.3. The largest absolute Gasteiger partial charge is 0.493 e. The van der Waals surface area contributed by atoms with E-state index in [4.69, 9.17) is 9.47 Å². The summed E-state index contributed by atoms with van der Waals surface area (Å²) in [5.74, 6) is 0.623. The van der Waals surface area contributed by atoms with Crippen molar-refractivity contribution < 1.29 is 14.3 Å². The Labute approximate surface area is 158 Å². The number of methoxy groups -OCH3 is 1. The van der Waals surface area contributed by atoms with Gasteiger partial charge < -0.3 is 14.5 Å². The Balaban J connectivity index is 1.71. The summed E-state index contributed by atoms with van der Waals surface area (Å²) in [6.07, 6.45) is 0. The van der Waals surface area contributed by atoms with Gasteiger partial charge >= 0.3 is 5.97 Å². The van der Waals surface area contributed by atoms with Crippen LogP contribution < -0.4 is 15.0 Å². The normalized spacial score (nSPS) is 10.7. The van der Waals surface area contributed by atoms with E-state index in [0.29, 0.717) is 38.7 Å². The second-order valence-corrected chi connectivity index (χ2v) is 6.61. The number of nitrogens with one attached hydrogen (secondary N) is 1. The van der Waals surface area contributed by atoms with Gasteiger partial charge in [0.05, 0.1) is 18.0 Å². The van der Waals surface area contributed by atoms with Crippen LogP contribution in [0.3, 0.4) is 0 Å². The van der Waals surface area contributed by atoms with Gasteiger partial charge in [0.1, 0.15) is 10.7 Å². The van der Waals surface area contributed by atoms with Crippen molar-refractivity contribution in [1.29, 1.82) is 0 Å². The lowest BCUT2D eigenvalue weighted by Gasteiger charge is -2.10. The molecule has 2 aromatic heterocycles. The van der Waals surface area contributed by atoms with Crippen LogP contribution in [0.25, 0.3) is 22.3 Å². The minimum absolute atomic E-state index is 0.220. The lowest BCUT2D eigenvalue weighted by atomic mass is 10.1. The summed E-state index contributed by atoms with van der Waals surface area (Å²) in [6.45, 7) is 0. The zero-order chi connectivity index (χ0) is 18.8. The summed E-state index contributed by atoms with van der Waals surface area (Å²) in [5, 5.41) is 2.33. The highest BCUT2D eigenvalue weighted by Gasteiger charge is 2.15. The number of benzene rings is 2. The number of ether oxygens (including phenoxy) is 2. The Morgan fingerprint density at radius 1 is 1.07 bits per heavy atom. The van der Waals surface area contributed by atoms with Crippen LogP contribution in [0.2, 0.25) is 0 Å². The molecule has 0 bridgehead atoms. The molecule has 4 rings (SSSR count). The summed E-state index contributed by atoms with van der Waals surface area (Å²) >= 11 is 1.30. The van der Waals surface area contributed by atoms with Gasteiger partial charge in [-0.1, -0.05) is 18.2 Å². The van der Waals surface area contributed by atoms with E-state index in [9.17, 15) is 9.59 Å². The fraction of sp³-hybridized carbons (Fsp3) is 0.0500. The van der Waals surface area contributed by atoms with Gasteiger partial charge in [0.2, 0.25) is 0 Å². The van der Waals surface area contributed by atoms with Crippen molar-refractivity contribution in [2.45, 2.75) is 0 Å². The van der Waals surface area contributed by atoms with Gasteiger partial charge in [0, 0.05) is 5.56 Å². The van der Waals surface area contributed by atoms with E-state index in [1.54, 1.807) is 53.9 Å². The minimum atomic E-state index is -0.451. The first-order valence-corrected chi connectivity index (χ1v) is 8.97. The summed E-state index contributed by atoms with van der Waals surface area (Å²) in [4.78, 5) is 32.2. The molecule has 0 saturated carbocycles. The summed E-state index contributed by atoms with van der Waals surface area (Å²) < 4.78 is 10.8. The maximum Gasteiger partial charge on any atom is 0.353 e. The van der Waals surface area contributed by atoms with E-state index in [2.05, 4.69) is 9.97 Å². The molecule has 1 N–H and O–H groups in total. The monoisotopic (exact) mass is 378 g/mol. The number of para-hydroxylation sites is 1. The third-order valence-electron chi connectivity index (χ3n) is 3.97. The molecule has 0 aliphatic rings. The Bertz CT molecular complexity index is 1180. The third kappa shape index (κ3) is 3.32. The molecule has 0 saturated heterocycles. The number of nitrogens with zero attached hydrogens (tertiary/aromatic N) is 1. The van der Waals surface area contributed by atoms with Gasteiger partial charge in [-0.05, 0) is 41.8 Å². The molecule has 0 fully saturated rings. The van der Waals surface area contributed by atoms with Gasteiger partial charge in [0.15, 0.2) is 11.5 Å². The maximum absolute atomic E-state index is 12.3. The van der Waals surface area contributed by atoms with Crippen molar-refractivity contribution in [1.82, 2.24) is 9.97 Å². The van der Waals surface area contributed by atoms with E-state index in [0.717, 1.165) is 0 Å². The second kappa shape index (κ2) is 7.05. The molecular formula is C20H14N2O4S. The predicted octanol–water partition coefficient (Wildman–Crippen LogP) is 3.88. The number of thiophene rings is 1. The van der Waals surface area contributed by atoms with Crippen molar-refractivity contribution in [2.24, 2.45) is 0 Å². The van der Waals surface area contributed by atoms with Gasteiger partial charge in [-0.2, -0.15) is 0 Å². The number of hydrogen-bond acceptors (Lipinski definition) is 6.